The van der Waals surface area contributed by atoms with Crippen LogP contribution >= 0.6 is 0 Å². The molecule has 4 heteroatoms. The predicted octanol–water partition coefficient (Wildman–Crippen LogP) is 11.8. The molecule has 0 aromatic heterocycles. The Morgan fingerprint density at radius 3 is 1.40 bits per heavy atom. The third-order valence-corrected chi connectivity index (χ3v) is 9.41. The molecule has 2 aromatic carbocycles. The van der Waals surface area contributed by atoms with Gasteiger partial charge in [0.25, 0.3) is 10.1 Å². The molecule has 2 rings (SSSR count). The quantitative estimate of drug-likeness (QED) is 0.0950. The van der Waals surface area contributed by atoms with Gasteiger partial charge < -0.3 is 0 Å². The van der Waals surface area contributed by atoms with Gasteiger partial charge in [0, 0.05) is 5.39 Å². The van der Waals surface area contributed by atoms with Crippen molar-refractivity contribution >= 4 is 20.9 Å². The fraction of sp³-hybridized carbons (Fsp3) is 0.722. The molecule has 3 nitrogen and oxygen atoms in total. The second-order valence-electron chi connectivity index (χ2n) is 12.2. The zero-order valence-electron chi connectivity index (χ0n) is 26.0. The number of rotatable bonds is 25. The summed E-state index contributed by atoms with van der Waals surface area (Å²) in [7, 11) is -4.25. The molecule has 0 unspecified atom stereocenters. The lowest BCUT2D eigenvalue weighted by Crippen LogP contribution is -2.01. The van der Waals surface area contributed by atoms with Crippen molar-refractivity contribution in [2.75, 3.05) is 0 Å². The number of benzene rings is 2. The SMILES string of the molecule is CCCCCCCCCCCCCc1cc(CCCCCCCCCCCCC)c2cccc(S(=O)(=O)O)c2c1. The summed E-state index contributed by atoms with van der Waals surface area (Å²) in [6, 6.07) is 9.64. The normalized spacial score (nSPS) is 12.0. The van der Waals surface area contributed by atoms with Crippen LogP contribution in [0.25, 0.3) is 10.8 Å². The van der Waals surface area contributed by atoms with Crippen LogP contribution in [-0.2, 0) is 23.0 Å². The molecule has 0 radical (unpaired) electrons. The van der Waals surface area contributed by atoms with Crippen molar-refractivity contribution in [3.63, 3.8) is 0 Å². The van der Waals surface area contributed by atoms with Crippen LogP contribution in [0.3, 0.4) is 0 Å². The van der Waals surface area contributed by atoms with Crippen LogP contribution < -0.4 is 0 Å². The summed E-state index contributed by atoms with van der Waals surface area (Å²) in [5.41, 5.74) is 2.44. The fourth-order valence-electron chi connectivity index (χ4n) is 6.05. The topological polar surface area (TPSA) is 54.4 Å². The van der Waals surface area contributed by atoms with E-state index in [1.54, 1.807) is 6.07 Å². The summed E-state index contributed by atoms with van der Waals surface area (Å²) in [5.74, 6) is 0. The molecule has 0 spiro atoms. The van der Waals surface area contributed by atoms with E-state index in [0.29, 0.717) is 5.39 Å². The van der Waals surface area contributed by atoms with Gasteiger partial charge in [-0.25, -0.2) is 0 Å². The van der Waals surface area contributed by atoms with Crippen molar-refractivity contribution in [3.8, 4) is 0 Å². The lowest BCUT2D eigenvalue weighted by Gasteiger charge is -2.13. The lowest BCUT2D eigenvalue weighted by molar-refractivity contribution is 0.484. The van der Waals surface area contributed by atoms with Crippen LogP contribution in [0.1, 0.15) is 166 Å². The maximum absolute atomic E-state index is 12.1. The third kappa shape index (κ3) is 14.5. The Morgan fingerprint density at radius 2 is 0.950 bits per heavy atom. The minimum atomic E-state index is -4.25. The number of hydrogen-bond acceptors (Lipinski definition) is 2. The molecule has 0 aliphatic carbocycles. The second kappa shape index (κ2) is 21.3. The van der Waals surface area contributed by atoms with Gasteiger partial charge in [0.05, 0.1) is 0 Å². The smallest absolute Gasteiger partial charge is 0.282 e. The van der Waals surface area contributed by atoms with E-state index in [-0.39, 0.29) is 4.90 Å². The van der Waals surface area contributed by atoms with Gasteiger partial charge in [0.2, 0.25) is 0 Å². The van der Waals surface area contributed by atoms with Crippen LogP contribution in [0.2, 0.25) is 0 Å². The van der Waals surface area contributed by atoms with Crippen LogP contribution in [0.4, 0.5) is 0 Å². The first-order chi connectivity index (χ1) is 19.5. The number of fused-ring (bicyclic) bond motifs is 1. The van der Waals surface area contributed by atoms with E-state index in [1.807, 2.05) is 12.1 Å². The standard InChI is InChI=1S/C36H60O3S/c1-3-5-7-9-11-13-15-17-19-21-23-26-32-30-33(27-24-22-20-18-16-14-12-10-8-6-4-2)34-28-25-29-36(35(34)31-32)40(37,38)39/h25,28-31H,3-24,26-27H2,1-2H3,(H,37,38,39). The maximum atomic E-state index is 12.1. The summed E-state index contributed by atoms with van der Waals surface area (Å²) >= 11 is 0. The maximum Gasteiger partial charge on any atom is 0.295 e. The molecular weight excluding hydrogens is 512 g/mol. The summed E-state index contributed by atoms with van der Waals surface area (Å²) in [4.78, 5) is 0.0472. The van der Waals surface area contributed by atoms with Gasteiger partial charge in [0.1, 0.15) is 4.90 Å². The van der Waals surface area contributed by atoms with Gasteiger partial charge in [0.15, 0.2) is 0 Å². The highest BCUT2D eigenvalue weighted by molar-refractivity contribution is 7.86. The Hall–Kier alpha value is -1.39. The summed E-state index contributed by atoms with van der Waals surface area (Å²) in [5, 5.41) is 1.66. The van der Waals surface area contributed by atoms with Crippen LogP contribution in [0.15, 0.2) is 35.2 Å². The highest BCUT2D eigenvalue weighted by Crippen LogP contribution is 2.29. The molecule has 40 heavy (non-hydrogen) atoms. The largest absolute Gasteiger partial charge is 0.295 e. The minimum absolute atomic E-state index is 0.0472. The van der Waals surface area contributed by atoms with Gasteiger partial charge >= 0.3 is 0 Å². The van der Waals surface area contributed by atoms with E-state index in [2.05, 4.69) is 19.9 Å². The molecule has 2 aromatic rings. The van der Waals surface area contributed by atoms with Crippen LogP contribution in [0, 0.1) is 0 Å². The van der Waals surface area contributed by atoms with Gasteiger partial charge in [-0.2, -0.15) is 8.42 Å². The Morgan fingerprint density at radius 1 is 0.525 bits per heavy atom. The monoisotopic (exact) mass is 572 g/mol. The summed E-state index contributed by atoms with van der Waals surface area (Å²) in [6.07, 6.45) is 31.0. The molecular formula is C36H60O3S. The lowest BCUT2D eigenvalue weighted by atomic mass is 9.94. The van der Waals surface area contributed by atoms with Crippen molar-refractivity contribution in [1.29, 1.82) is 0 Å². The molecule has 0 aliphatic rings. The van der Waals surface area contributed by atoms with Crippen molar-refractivity contribution in [3.05, 3.63) is 41.5 Å². The molecule has 0 bridgehead atoms. The molecule has 0 amide bonds. The minimum Gasteiger partial charge on any atom is -0.282 e. The van der Waals surface area contributed by atoms with Crippen molar-refractivity contribution in [1.82, 2.24) is 0 Å². The number of hydrogen-bond donors (Lipinski definition) is 1. The molecule has 0 fully saturated rings. The number of unbranched alkanes of at least 4 members (excludes halogenated alkanes) is 20. The fourth-order valence-corrected chi connectivity index (χ4v) is 6.75. The van der Waals surface area contributed by atoms with Crippen molar-refractivity contribution in [2.45, 2.75) is 173 Å². The van der Waals surface area contributed by atoms with E-state index in [9.17, 15) is 13.0 Å². The van der Waals surface area contributed by atoms with E-state index in [0.717, 1.165) is 31.1 Å². The van der Waals surface area contributed by atoms with Gasteiger partial charge in [-0.3, -0.25) is 4.55 Å². The zero-order valence-corrected chi connectivity index (χ0v) is 26.8. The zero-order chi connectivity index (χ0) is 28.9. The average Bonchev–Trinajstić information content (AvgIpc) is 2.93. The van der Waals surface area contributed by atoms with Crippen molar-refractivity contribution in [2.24, 2.45) is 0 Å². The molecule has 228 valence electrons. The van der Waals surface area contributed by atoms with E-state index in [1.165, 1.54) is 146 Å². The highest BCUT2D eigenvalue weighted by atomic mass is 32.2. The first-order valence-electron chi connectivity index (χ1n) is 17.0. The first-order valence-corrected chi connectivity index (χ1v) is 18.4. The van der Waals surface area contributed by atoms with Crippen LogP contribution in [-0.4, -0.2) is 13.0 Å². The Kier molecular flexibility index (Phi) is 18.6. The van der Waals surface area contributed by atoms with E-state index in [4.69, 9.17) is 0 Å². The molecule has 0 saturated carbocycles. The number of aryl methyl sites for hydroxylation is 2. The molecule has 0 aliphatic heterocycles. The molecule has 0 heterocycles. The van der Waals surface area contributed by atoms with Crippen LogP contribution in [0.5, 0.6) is 0 Å². The van der Waals surface area contributed by atoms with Crippen molar-refractivity contribution < 1.29 is 13.0 Å². The average molecular weight is 573 g/mol. The Bertz CT molecular complexity index is 1030. The third-order valence-electron chi connectivity index (χ3n) is 8.50. The van der Waals surface area contributed by atoms with Gasteiger partial charge in [-0.15, -0.1) is 0 Å². The van der Waals surface area contributed by atoms with Gasteiger partial charge in [-0.1, -0.05) is 160 Å². The van der Waals surface area contributed by atoms with E-state index < -0.39 is 10.1 Å². The Labute approximate surface area is 247 Å². The summed E-state index contributed by atoms with van der Waals surface area (Å²) < 4.78 is 34.2. The second-order valence-corrected chi connectivity index (χ2v) is 13.5. The van der Waals surface area contributed by atoms with E-state index >= 15 is 0 Å². The predicted molar refractivity (Wildman–Crippen MR) is 174 cm³/mol. The summed E-state index contributed by atoms with van der Waals surface area (Å²) in [6.45, 7) is 4.54. The molecule has 1 N–H and O–H groups in total. The molecule has 0 atom stereocenters. The van der Waals surface area contributed by atoms with Gasteiger partial charge in [-0.05, 0) is 54.3 Å². The highest BCUT2D eigenvalue weighted by Gasteiger charge is 2.16. The molecule has 0 saturated heterocycles. The first kappa shape index (κ1) is 34.8. The Balaban J connectivity index is 1.83.